The van der Waals surface area contributed by atoms with Crippen molar-refractivity contribution in [3.8, 4) is 0 Å². The molecule has 0 bridgehead atoms. The summed E-state index contributed by atoms with van der Waals surface area (Å²) < 4.78 is 1.46. The molecule has 84 valence electrons. The maximum Gasteiger partial charge on any atom is 0.293 e. The minimum atomic E-state index is -0.499. The van der Waals surface area contributed by atoms with Crippen molar-refractivity contribution in [2.75, 3.05) is 18.6 Å². The van der Waals surface area contributed by atoms with Crippen molar-refractivity contribution < 1.29 is 5.11 Å². The van der Waals surface area contributed by atoms with E-state index in [4.69, 9.17) is 0 Å². The highest BCUT2D eigenvalue weighted by atomic mass is 16.3. The van der Waals surface area contributed by atoms with Crippen molar-refractivity contribution in [3.63, 3.8) is 0 Å². The van der Waals surface area contributed by atoms with Gasteiger partial charge in [-0.05, 0) is 13.8 Å². The lowest BCUT2D eigenvalue weighted by atomic mass is 10.1. The van der Waals surface area contributed by atoms with E-state index < -0.39 is 5.54 Å². The van der Waals surface area contributed by atoms with Crippen LogP contribution in [-0.4, -0.2) is 33.9 Å². The second kappa shape index (κ2) is 4.02. The molecule has 15 heavy (non-hydrogen) atoms. The first kappa shape index (κ1) is 11.7. The Bertz CT molecular complexity index is 398. The van der Waals surface area contributed by atoms with Crippen molar-refractivity contribution in [2.45, 2.75) is 19.4 Å². The summed E-state index contributed by atoms with van der Waals surface area (Å²) in [6, 6.07) is 0. The second-order valence-corrected chi connectivity index (χ2v) is 4.20. The van der Waals surface area contributed by atoms with Crippen LogP contribution in [0.15, 0.2) is 17.2 Å². The molecule has 5 nitrogen and oxygen atoms in total. The van der Waals surface area contributed by atoms with Crippen molar-refractivity contribution in [2.24, 2.45) is 7.05 Å². The third-order valence-electron chi connectivity index (χ3n) is 2.61. The average Bonchev–Trinajstić information content (AvgIpc) is 2.21. The van der Waals surface area contributed by atoms with Gasteiger partial charge in [-0.25, -0.2) is 4.98 Å². The van der Waals surface area contributed by atoms with Gasteiger partial charge in [-0.2, -0.15) is 0 Å². The van der Waals surface area contributed by atoms with Crippen LogP contribution in [0, 0.1) is 0 Å². The Morgan fingerprint density at radius 2 is 2.20 bits per heavy atom. The van der Waals surface area contributed by atoms with E-state index in [2.05, 4.69) is 4.98 Å². The number of aromatic nitrogens is 2. The molecule has 1 aromatic rings. The quantitative estimate of drug-likeness (QED) is 0.764. The van der Waals surface area contributed by atoms with E-state index in [0.717, 1.165) is 0 Å². The summed E-state index contributed by atoms with van der Waals surface area (Å²) in [5.41, 5.74) is -0.665. The zero-order chi connectivity index (χ0) is 11.6. The summed E-state index contributed by atoms with van der Waals surface area (Å²) in [4.78, 5) is 17.5. The highest BCUT2D eigenvalue weighted by Gasteiger charge is 2.25. The monoisotopic (exact) mass is 211 g/mol. The van der Waals surface area contributed by atoms with E-state index in [-0.39, 0.29) is 12.2 Å². The molecule has 0 amide bonds. The molecule has 0 atom stereocenters. The Labute approximate surface area is 89.0 Å². The first-order valence-corrected chi connectivity index (χ1v) is 4.76. The SMILES string of the molecule is CN(c1nccn(C)c1=O)C(C)(C)CO. The van der Waals surface area contributed by atoms with E-state index in [1.54, 1.807) is 31.4 Å². The fourth-order valence-electron chi connectivity index (χ4n) is 1.11. The summed E-state index contributed by atoms with van der Waals surface area (Å²) in [5.74, 6) is 0.346. The second-order valence-electron chi connectivity index (χ2n) is 4.20. The lowest BCUT2D eigenvalue weighted by molar-refractivity contribution is 0.215. The standard InChI is InChI=1S/C10H17N3O2/c1-10(2,7-14)13(4)8-9(15)12(3)6-5-11-8/h5-6,14H,7H2,1-4H3. The number of rotatable bonds is 3. The first-order chi connectivity index (χ1) is 6.90. The summed E-state index contributed by atoms with van der Waals surface area (Å²) in [5, 5.41) is 9.21. The van der Waals surface area contributed by atoms with Gasteiger partial charge < -0.3 is 14.6 Å². The molecule has 0 saturated heterocycles. The number of aliphatic hydroxyl groups excluding tert-OH is 1. The molecule has 0 aliphatic rings. The Morgan fingerprint density at radius 3 is 2.73 bits per heavy atom. The average molecular weight is 211 g/mol. The predicted molar refractivity (Wildman–Crippen MR) is 59.0 cm³/mol. The van der Waals surface area contributed by atoms with Crippen LogP contribution in [0.5, 0.6) is 0 Å². The smallest absolute Gasteiger partial charge is 0.293 e. The molecule has 0 aliphatic carbocycles. The largest absolute Gasteiger partial charge is 0.394 e. The van der Waals surface area contributed by atoms with Crippen LogP contribution in [0.2, 0.25) is 0 Å². The third-order valence-corrected chi connectivity index (χ3v) is 2.61. The molecular weight excluding hydrogens is 194 g/mol. The van der Waals surface area contributed by atoms with Gasteiger partial charge in [0.2, 0.25) is 0 Å². The van der Waals surface area contributed by atoms with Gasteiger partial charge in [0.25, 0.3) is 5.56 Å². The number of aryl methyl sites for hydroxylation is 1. The van der Waals surface area contributed by atoms with E-state index in [0.29, 0.717) is 5.82 Å². The molecule has 0 aliphatic heterocycles. The number of likely N-dealkylation sites (N-methyl/N-ethyl adjacent to an activating group) is 1. The first-order valence-electron chi connectivity index (χ1n) is 4.76. The van der Waals surface area contributed by atoms with Gasteiger partial charge in [-0.3, -0.25) is 4.79 Å². The normalized spacial score (nSPS) is 11.5. The molecule has 0 unspecified atom stereocenters. The van der Waals surface area contributed by atoms with E-state index in [9.17, 15) is 9.90 Å². The van der Waals surface area contributed by atoms with Gasteiger partial charge in [-0.1, -0.05) is 0 Å². The number of aliphatic hydroxyl groups is 1. The maximum absolute atomic E-state index is 11.7. The summed E-state index contributed by atoms with van der Waals surface area (Å²) in [6.07, 6.45) is 3.17. The van der Waals surface area contributed by atoms with Crippen LogP contribution in [0.1, 0.15) is 13.8 Å². The predicted octanol–water partition coefficient (Wildman–Crippen LogP) is -0.0126. The minimum Gasteiger partial charge on any atom is -0.394 e. The van der Waals surface area contributed by atoms with Crippen LogP contribution in [0.4, 0.5) is 5.82 Å². The molecule has 1 aromatic heterocycles. The minimum absolute atomic E-state index is 0.0385. The molecule has 1 N–H and O–H groups in total. The van der Waals surface area contributed by atoms with Crippen LogP contribution in [-0.2, 0) is 7.05 Å². The van der Waals surface area contributed by atoms with Gasteiger partial charge in [0.1, 0.15) is 0 Å². The van der Waals surface area contributed by atoms with Crippen LogP contribution < -0.4 is 10.5 Å². The summed E-state index contributed by atoms with van der Waals surface area (Å²) in [7, 11) is 3.42. The van der Waals surface area contributed by atoms with E-state index in [1.165, 1.54) is 4.57 Å². The van der Waals surface area contributed by atoms with Crippen molar-refractivity contribution in [1.82, 2.24) is 9.55 Å². The summed E-state index contributed by atoms with van der Waals surface area (Å²) in [6.45, 7) is 3.66. The number of anilines is 1. The van der Waals surface area contributed by atoms with E-state index >= 15 is 0 Å². The van der Waals surface area contributed by atoms with Gasteiger partial charge in [0.05, 0.1) is 12.1 Å². The Balaban J connectivity index is 3.18. The van der Waals surface area contributed by atoms with Gasteiger partial charge in [0.15, 0.2) is 5.82 Å². The Morgan fingerprint density at radius 1 is 1.60 bits per heavy atom. The zero-order valence-electron chi connectivity index (χ0n) is 9.56. The van der Waals surface area contributed by atoms with Crippen molar-refractivity contribution in [1.29, 1.82) is 0 Å². The Kier molecular flexibility index (Phi) is 3.14. The molecule has 1 heterocycles. The summed E-state index contributed by atoms with van der Waals surface area (Å²) >= 11 is 0. The van der Waals surface area contributed by atoms with E-state index in [1.807, 2.05) is 13.8 Å². The zero-order valence-corrected chi connectivity index (χ0v) is 9.56. The third kappa shape index (κ3) is 2.18. The molecule has 0 radical (unpaired) electrons. The Hall–Kier alpha value is -1.36. The van der Waals surface area contributed by atoms with Crippen molar-refractivity contribution in [3.05, 3.63) is 22.7 Å². The lowest BCUT2D eigenvalue weighted by Crippen LogP contribution is -2.47. The molecular formula is C10H17N3O2. The molecule has 0 aromatic carbocycles. The highest BCUT2D eigenvalue weighted by Crippen LogP contribution is 2.15. The van der Waals surface area contributed by atoms with Crippen molar-refractivity contribution >= 4 is 5.82 Å². The lowest BCUT2D eigenvalue weighted by Gasteiger charge is -2.34. The number of hydrogen-bond acceptors (Lipinski definition) is 4. The molecule has 0 spiro atoms. The van der Waals surface area contributed by atoms with Crippen LogP contribution in [0.25, 0.3) is 0 Å². The molecule has 1 rings (SSSR count). The number of hydrogen-bond donors (Lipinski definition) is 1. The fraction of sp³-hybridized carbons (Fsp3) is 0.600. The van der Waals surface area contributed by atoms with Gasteiger partial charge in [-0.15, -0.1) is 0 Å². The van der Waals surface area contributed by atoms with Crippen LogP contribution in [0.3, 0.4) is 0 Å². The molecule has 0 fully saturated rings. The molecule has 0 saturated carbocycles. The molecule has 5 heteroatoms. The van der Waals surface area contributed by atoms with Gasteiger partial charge in [0, 0.05) is 26.5 Å². The highest BCUT2D eigenvalue weighted by molar-refractivity contribution is 5.37. The van der Waals surface area contributed by atoms with Gasteiger partial charge >= 0.3 is 0 Å². The maximum atomic E-state index is 11.7. The topological polar surface area (TPSA) is 58.4 Å². The van der Waals surface area contributed by atoms with Crippen LogP contribution >= 0.6 is 0 Å². The number of nitrogens with zero attached hydrogens (tertiary/aromatic N) is 3. The fourth-order valence-corrected chi connectivity index (χ4v) is 1.11.